The van der Waals surface area contributed by atoms with Crippen LogP contribution >= 0.6 is 0 Å². The van der Waals surface area contributed by atoms with Gasteiger partial charge in [0.25, 0.3) is 0 Å². The summed E-state index contributed by atoms with van der Waals surface area (Å²) in [5, 5.41) is 0.735. The van der Waals surface area contributed by atoms with Crippen LogP contribution in [-0.2, 0) is 14.3 Å². The lowest BCUT2D eigenvalue weighted by Gasteiger charge is -2.36. The Morgan fingerprint density at radius 2 is 1.79 bits per heavy atom. The molecule has 10 nitrogen and oxygen atoms in total. The van der Waals surface area contributed by atoms with Crippen LogP contribution in [0.25, 0.3) is 22.2 Å². The van der Waals surface area contributed by atoms with E-state index in [1.165, 1.54) is 7.11 Å². The molecule has 5 atom stereocenters. The molecule has 2 N–H and O–H groups in total. The summed E-state index contributed by atoms with van der Waals surface area (Å²) in [6.45, 7) is 7.29. The number of primary amides is 1. The molecule has 5 unspecified atom stereocenters. The predicted molar refractivity (Wildman–Crippen MR) is 160 cm³/mol. The molecule has 2 fully saturated rings. The van der Waals surface area contributed by atoms with Gasteiger partial charge in [0.2, 0.25) is 0 Å². The number of imide groups is 1. The lowest BCUT2D eigenvalue weighted by Crippen LogP contribution is -2.66. The van der Waals surface area contributed by atoms with Gasteiger partial charge in [-0.3, -0.25) is 4.79 Å². The lowest BCUT2D eigenvalue weighted by atomic mass is 9.88. The van der Waals surface area contributed by atoms with Crippen molar-refractivity contribution in [2.45, 2.75) is 64.7 Å². The van der Waals surface area contributed by atoms with Crippen molar-refractivity contribution >= 4 is 29.0 Å². The molecule has 5 rings (SSSR count). The first kappa shape index (κ1) is 30.3. The summed E-state index contributed by atoms with van der Waals surface area (Å²) in [7, 11) is 2.81. The molecule has 1 aliphatic heterocycles. The van der Waals surface area contributed by atoms with E-state index in [1.54, 1.807) is 27.9 Å². The lowest BCUT2D eigenvalue weighted by molar-refractivity contribution is -0.795. The standard InChI is InChI=1S/C33H39N3O7/c1-7-21-18-33(21,29(37)43-32(2,3)4)28-16-23(19-36(28,30(34)38)31(39)41-6)42-27-17-25(20-11-9-8-10-12-20)35-26-15-22(40-5)13-14-24(26)27/h8-15,17,21,23,28H,7,16,18-19H2,1-6H3,(H-,34,38)/p+1. The number of hydrogen-bond acceptors (Lipinski definition) is 8. The van der Waals surface area contributed by atoms with Gasteiger partial charge in [-0.2, -0.15) is 4.79 Å². The maximum absolute atomic E-state index is 13.8. The zero-order valence-corrected chi connectivity index (χ0v) is 25.6. The van der Waals surface area contributed by atoms with Crippen LogP contribution < -0.4 is 15.2 Å². The zero-order valence-electron chi connectivity index (χ0n) is 25.6. The highest BCUT2D eigenvalue weighted by Gasteiger charge is 2.77. The molecule has 0 bridgehead atoms. The van der Waals surface area contributed by atoms with E-state index in [2.05, 4.69) is 0 Å². The molecule has 1 aliphatic carbocycles. The van der Waals surface area contributed by atoms with Crippen molar-refractivity contribution in [3.63, 3.8) is 0 Å². The third-order valence-corrected chi connectivity index (χ3v) is 8.76. The van der Waals surface area contributed by atoms with Gasteiger partial charge in [-0.15, -0.1) is 4.48 Å². The largest absolute Gasteiger partial charge is 0.525 e. The SMILES string of the molecule is CCC1CC1(C(=O)OC(C)(C)C)C1CC(Oc2cc(-c3ccccc3)nc3cc(OC)ccc23)C[N+]1(C(N)=O)C(=O)OC. The topological polar surface area (TPSA) is 127 Å². The molecular weight excluding hydrogens is 550 g/mol. The number of aromatic nitrogens is 1. The number of likely N-dealkylation sites (tertiary alicyclic amines) is 1. The number of carbonyl (C=O) groups is 3. The van der Waals surface area contributed by atoms with E-state index in [0.717, 1.165) is 10.9 Å². The van der Waals surface area contributed by atoms with E-state index < -0.39 is 45.7 Å². The number of quaternary nitrogens is 1. The van der Waals surface area contributed by atoms with Crippen LogP contribution in [0.1, 0.15) is 47.0 Å². The number of amides is 3. The third-order valence-electron chi connectivity index (χ3n) is 8.76. The van der Waals surface area contributed by atoms with Crippen molar-refractivity contribution in [3.05, 3.63) is 54.6 Å². The Labute approximate surface area is 251 Å². The number of urea groups is 1. The van der Waals surface area contributed by atoms with Crippen LogP contribution in [0.2, 0.25) is 0 Å². The van der Waals surface area contributed by atoms with E-state index in [1.807, 2.05) is 61.5 Å². The number of esters is 1. The number of fused-ring (bicyclic) bond motifs is 1. The molecule has 10 heteroatoms. The van der Waals surface area contributed by atoms with Crippen molar-refractivity contribution in [1.82, 2.24) is 4.98 Å². The Bertz CT molecular complexity index is 1550. The van der Waals surface area contributed by atoms with E-state index in [9.17, 15) is 14.4 Å². The van der Waals surface area contributed by atoms with Crippen molar-refractivity contribution < 1.29 is 37.8 Å². The Morgan fingerprint density at radius 1 is 1.07 bits per heavy atom. The number of nitrogens with two attached hydrogens (primary N) is 1. The molecule has 0 spiro atoms. The minimum atomic E-state index is -1.08. The molecule has 1 aromatic heterocycles. The third kappa shape index (κ3) is 5.29. The van der Waals surface area contributed by atoms with Crippen LogP contribution in [0.3, 0.4) is 0 Å². The highest BCUT2D eigenvalue weighted by Crippen LogP contribution is 2.63. The zero-order chi connectivity index (χ0) is 31.2. The van der Waals surface area contributed by atoms with Gasteiger partial charge < -0.3 is 24.7 Å². The van der Waals surface area contributed by atoms with Crippen molar-refractivity contribution in [2.75, 3.05) is 20.8 Å². The number of ether oxygens (including phenoxy) is 4. The Hall–Kier alpha value is -4.18. The van der Waals surface area contributed by atoms with Crippen molar-refractivity contribution in [2.24, 2.45) is 17.1 Å². The summed E-state index contributed by atoms with van der Waals surface area (Å²) in [6, 6.07) is 15.4. The molecule has 2 aliphatic rings. The van der Waals surface area contributed by atoms with E-state index >= 15 is 0 Å². The minimum absolute atomic E-state index is 0.0773. The first-order valence-electron chi connectivity index (χ1n) is 14.6. The molecule has 43 heavy (non-hydrogen) atoms. The Morgan fingerprint density at radius 3 is 2.37 bits per heavy atom. The highest BCUT2D eigenvalue weighted by molar-refractivity contribution is 5.89. The minimum Gasteiger partial charge on any atom is -0.497 e. The number of pyridine rings is 1. The van der Waals surface area contributed by atoms with Gasteiger partial charge in [0.1, 0.15) is 35.1 Å². The molecule has 2 heterocycles. The van der Waals surface area contributed by atoms with Gasteiger partial charge >= 0.3 is 18.1 Å². The highest BCUT2D eigenvalue weighted by atomic mass is 16.6. The molecule has 3 amide bonds. The quantitative estimate of drug-likeness (QED) is 0.268. The number of benzene rings is 2. The van der Waals surface area contributed by atoms with E-state index in [0.29, 0.717) is 35.6 Å². The molecule has 1 saturated heterocycles. The summed E-state index contributed by atoms with van der Waals surface area (Å²) in [6.07, 6.45) is -0.0868. The molecule has 228 valence electrons. The number of nitrogens with zero attached hydrogens (tertiary/aromatic N) is 2. The second-order valence-corrected chi connectivity index (χ2v) is 12.5. The van der Waals surface area contributed by atoms with Gasteiger partial charge in [-0.05, 0) is 45.2 Å². The summed E-state index contributed by atoms with van der Waals surface area (Å²) < 4.78 is 22.3. The van der Waals surface area contributed by atoms with Crippen LogP contribution in [0.4, 0.5) is 9.59 Å². The smallest absolute Gasteiger partial charge is 0.497 e. The molecule has 1 saturated carbocycles. The van der Waals surface area contributed by atoms with Crippen molar-refractivity contribution in [1.29, 1.82) is 0 Å². The number of carbonyl (C=O) groups excluding carboxylic acids is 3. The predicted octanol–water partition coefficient (Wildman–Crippen LogP) is 5.85. The van der Waals surface area contributed by atoms with Crippen LogP contribution in [-0.4, -0.2) is 66.1 Å². The summed E-state index contributed by atoms with van der Waals surface area (Å²) >= 11 is 0. The molecule has 2 aromatic carbocycles. The number of hydrogen-bond donors (Lipinski definition) is 1. The average molecular weight is 591 g/mol. The summed E-state index contributed by atoms with van der Waals surface area (Å²) in [5.74, 6) is 0.661. The van der Waals surface area contributed by atoms with Crippen LogP contribution in [0.5, 0.6) is 11.5 Å². The Kier molecular flexibility index (Phi) is 7.85. The van der Waals surface area contributed by atoms with Gasteiger partial charge in [-0.25, -0.2) is 9.78 Å². The number of rotatable bonds is 7. The molecule has 0 radical (unpaired) electrons. The van der Waals surface area contributed by atoms with Gasteiger partial charge in [0.15, 0.2) is 6.10 Å². The number of methoxy groups -OCH3 is 2. The second kappa shape index (κ2) is 11.1. The van der Waals surface area contributed by atoms with E-state index in [4.69, 9.17) is 29.7 Å². The van der Waals surface area contributed by atoms with Gasteiger partial charge in [-0.1, -0.05) is 43.7 Å². The fraction of sp³-hybridized carbons (Fsp3) is 0.455. The average Bonchev–Trinajstić information content (AvgIpc) is 3.61. The van der Waals surface area contributed by atoms with Crippen LogP contribution in [0.15, 0.2) is 54.6 Å². The molecule has 3 aromatic rings. The first-order chi connectivity index (χ1) is 20.4. The summed E-state index contributed by atoms with van der Waals surface area (Å²) in [4.78, 5) is 45.5. The monoisotopic (exact) mass is 590 g/mol. The molecular formula is C33H40N3O7+. The second-order valence-electron chi connectivity index (χ2n) is 12.5. The van der Waals surface area contributed by atoms with Gasteiger partial charge in [0.05, 0.1) is 25.4 Å². The van der Waals surface area contributed by atoms with Crippen molar-refractivity contribution in [3.8, 4) is 22.8 Å². The van der Waals surface area contributed by atoms with Gasteiger partial charge in [0, 0.05) is 29.5 Å². The first-order valence-corrected chi connectivity index (χ1v) is 14.6. The normalized spacial score (nSPS) is 26.5. The Balaban J connectivity index is 1.60. The fourth-order valence-electron chi connectivity index (χ4n) is 6.70. The maximum Gasteiger partial charge on any atom is 0.525 e. The maximum atomic E-state index is 13.8. The fourth-order valence-corrected chi connectivity index (χ4v) is 6.70. The summed E-state index contributed by atoms with van der Waals surface area (Å²) in [5.41, 5.74) is 6.43. The van der Waals surface area contributed by atoms with E-state index in [-0.39, 0.29) is 18.9 Å². The van der Waals surface area contributed by atoms with Crippen LogP contribution in [0, 0.1) is 11.3 Å².